The summed E-state index contributed by atoms with van der Waals surface area (Å²) in [5, 5.41) is 1.32. The van der Waals surface area contributed by atoms with Crippen molar-refractivity contribution in [3.05, 3.63) is 35.5 Å². The molecule has 5 rings (SSSR count). The van der Waals surface area contributed by atoms with E-state index >= 15 is 0 Å². The van der Waals surface area contributed by atoms with E-state index in [1.807, 2.05) is 0 Å². The maximum Gasteiger partial charge on any atom is 0.312 e. The van der Waals surface area contributed by atoms with Crippen LogP contribution >= 0.6 is 0 Å². The first-order chi connectivity index (χ1) is 10.7. The fraction of sp³-hybridized carbons (Fsp3) is 0.500. The normalized spacial score (nSPS) is 33.6. The average Bonchev–Trinajstić information content (AvgIpc) is 2.81. The number of aromatic nitrogens is 1. The van der Waals surface area contributed by atoms with Gasteiger partial charge in [0.05, 0.1) is 12.5 Å². The number of carbonyl (C=O) groups is 1. The number of aryl methyl sites for hydroxylation is 1. The van der Waals surface area contributed by atoms with Gasteiger partial charge in [0.25, 0.3) is 0 Å². The topological polar surface area (TPSA) is 34.5 Å². The van der Waals surface area contributed by atoms with Gasteiger partial charge in [0, 0.05) is 29.1 Å². The third kappa shape index (κ3) is 1.35. The summed E-state index contributed by atoms with van der Waals surface area (Å²) in [6.07, 6.45) is 1.20. The molecule has 3 aliphatic heterocycles. The molecule has 1 aromatic carbocycles. The molecule has 114 valence electrons. The summed E-state index contributed by atoms with van der Waals surface area (Å²) < 4.78 is 8.00. The van der Waals surface area contributed by atoms with E-state index in [2.05, 4.69) is 47.7 Å². The number of fused-ring (bicyclic) bond motifs is 5. The van der Waals surface area contributed by atoms with Gasteiger partial charge in [-0.05, 0) is 37.9 Å². The number of benzene rings is 1. The fourth-order valence-corrected chi connectivity index (χ4v) is 5.13. The smallest absolute Gasteiger partial charge is 0.312 e. The number of ether oxygens (including phenoxy) is 1. The average molecular weight is 296 g/mol. The molecule has 22 heavy (non-hydrogen) atoms. The minimum absolute atomic E-state index is 0.00103. The molecule has 4 atom stereocenters. The van der Waals surface area contributed by atoms with E-state index in [-0.39, 0.29) is 18.1 Å². The highest BCUT2D eigenvalue weighted by Crippen LogP contribution is 2.54. The van der Waals surface area contributed by atoms with Crippen LogP contribution in [0.3, 0.4) is 0 Å². The minimum Gasteiger partial charge on any atom is -0.465 e. The predicted octanol–water partition coefficient (Wildman–Crippen LogP) is 2.67. The molecule has 0 amide bonds. The first kappa shape index (κ1) is 12.7. The zero-order chi connectivity index (χ0) is 15.0. The summed E-state index contributed by atoms with van der Waals surface area (Å²) in [6, 6.07) is 8.59. The lowest BCUT2D eigenvalue weighted by Crippen LogP contribution is -2.56. The molecule has 0 aliphatic carbocycles. The third-order valence-electron chi connectivity index (χ3n) is 6.07. The summed E-state index contributed by atoms with van der Waals surface area (Å²) in [4.78, 5) is 14.8. The lowest BCUT2D eigenvalue weighted by Gasteiger charge is -2.53. The van der Waals surface area contributed by atoms with E-state index in [0.29, 0.717) is 18.4 Å². The second-order valence-electron chi connectivity index (χ2n) is 7.01. The Labute approximate surface area is 129 Å². The highest BCUT2D eigenvalue weighted by atomic mass is 16.5. The lowest BCUT2D eigenvalue weighted by molar-refractivity contribution is -0.173. The van der Waals surface area contributed by atoms with Gasteiger partial charge in [-0.2, -0.15) is 0 Å². The fourth-order valence-electron chi connectivity index (χ4n) is 5.13. The number of cyclic esters (lactones) is 1. The summed E-state index contributed by atoms with van der Waals surface area (Å²) in [5.74, 6) is 0.789. The Morgan fingerprint density at radius 3 is 2.95 bits per heavy atom. The summed E-state index contributed by atoms with van der Waals surface area (Å²) >= 11 is 0. The molecule has 2 aromatic rings. The molecule has 0 radical (unpaired) electrons. The van der Waals surface area contributed by atoms with Crippen LogP contribution in [0.25, 0.3) is 10.9 Å². The maximum atomic E-state index is 12.5. The number of hydrogen-bond acceptors (Lipinski definition) is 3. The standard InChI is InChI=1S/C18H20N2O2/c1-10-11-5-3-4-6-14(11)20-16(10)13-9-22-18(21)15-12(13)7-8-19(2)17(15)20/h3-6,12-13,15,17H,7-9H2,1-2H3/t12?,13-,15+,17-/m1/s1. The molecule has 4 heterocycles. The largest absolute Gasteiger partial charge is 0.465 e. The van der Waals surface area contributed by atoms with Crippen LogP contribution in [0.2, 0.25) is 0 Å². The first-order valence-electron chi connectivity index (χ1n) is 8.15. The minimum atomic E-state index is -0.0137. The zero-order valence-electron chi connectivity index (χ0n) is 13.0. The monoisotopic (exact) mass is 296 g/mol. The van der Waals surface area contributed by atoms with E-state index < -0.39 is 0 Å². The van der Waals surface area contributed by atoms with Crippen LogP contribution in [0.15, 0.2) is 24.3 Å². The summed E-state index contributed by atoms with van der Waals surface area (Å²) in [7, 11) is 2.14. The third-order valence-corrected chi connectivity index (χ3v) is 6.07. The van der Waals surface area contributed by atoms with Crippen molar-refractivity contribution < 1.29 is 9.53 Å². The molecular formula is C18H20N2O2. The van der Waals surface area contributed by atoms with Crippen LogP contribution in [0.5, 0.6) is 0 Å². The van der Waals surface area contributed by atoms with Gasteiger partial charge in [0.2, 0.25) is 0 Å². The quantitative estimate of drug-likeness (QED) is 0.701. The highest BCUT2D eigenvalue weighted by molar-refractivity contribution is 5.87. The van der Waals surface area contributed by atoms with Gasteiger partial charge in [0.15, 0.2) is 0 Å². The Morgan fingerprint density at radius 2 is 2.09 bits per heavy atom. The van der Waals surface area contributed by atoms with Crippen molar-refractivity contribution in [1.82, 2.24) is 9.47 Å². The SMILES string of the molecule is Cc1c2n(c3ccccc13)[C@@H]1[C@H]3C(=O)OC[C@@H]2C3CCN1C. The molecule has 0 saturated carbocycles. The van der Waals surface area contributed by atoms with E-state index in [1.165, 1.54) is 22.2 Å². The number of nitrogens with zero attached hydrogens (tertiary/aromatic N) is 2. The van der Waals surface area contributed by atoms with E-state index in [1.54, 1.807) is 0 Å². The molecule has 1 aromatic heterocycles. The second-order valence-corrected chi connectivity index (χ2v) is 7.01. The van der Waals surface area contributed by atoms with E-state index in [4.69, 9.17) is 4.74 Å². The molecule has 4 heteroatoms. The maximum absolute atomic E-state index is 12.5. The number of rotatable bonds is 0. The van der Waals surface area contributed by atoms with Crippen molar-refractivity contribution >= 4 is 16.9 Å². The number of para-hydroxylation sites is 1. The molecule has 2 fully saturated rings. The van der Waals surface area contributed by atoms with Crippen LogP contribution in [0.4, 0.5) is 0 Å². The number of esters is 1. The number of carbonyl (C=O) groups excluding carboxylic acids is 1. The Morgan fingerprint density at radius 1 is 1.27 bits per heavy atom. The number of piperidine rings is 1. The van der Waals surface area contributed by atoms with Crippen LogP contribution in [-0.4, -0.2) is 35.6 Å². The molecule has 3 aliphatic rings. The molecule has 1 unspecified atom stereocenters. The summed E-state index contributed by atoms with van der Waals surface area (Å²) in [6.45, 7) is 3.83. The van der Waals surface area contributed by atoms with Gasteiger partial charge in [-0.15, -0.1) is 0 Å². The van der Waals surface area contributed by atoms with Gasteiger partial charge < -0.3 is 9.30 Å². The van der Waals surface area contributed by atoms with Gasteiger partial charge in [-0.3, -0.25) is 9.69 Å². The Hall–Kier alpha value is -1.81. The molecule has 0 spiro atoms. The highest BCUT2D eigenvalue weighted by Gasteiger charge is 2.55. The Balaban J connectivity index is 1.88. The van der Waals surface area contributed by atoms with E-state index in [9.17, 15) is 4.79 Å². The molecule has 4 bridgehead atoms. The van der Waals surface area contributed by atoms with Gasteiger partial charge in [-0.1, -0.05) is 18.2 Å². The van der Waals surface area contributed by atoms with Gasteiger partial charge in [0.1, 0.15) is 6.17 Å². The van der Waals surface area contributed by atoms with Crippen LogP contribution < -0.4 is 0 Å². The second kappa shape index (κ2) is 4.13. The van der Waals surface area contributed by atoms with Crippen LogP contribution in [0, 0.1) is 18.8 Å². The van der Waals surface area contributed by atoms with Crippen LogP contribution in [0.1, 0.15) is 29.8 Å². The number of likely N-dealkylation sites (tertiary alicyclic amines) is 1. The Bertz CT molecular complexity index is 794. The Kier molecular flexibility index (Phi) is 2.39. The lowest BCUT2D eigenvalue weighted by atomic mass is 9.69. The molecule has 0 N–H and O–H groups in total. The van der Waals surface area contributed by atoms with Gasteiger partial charge in [-0.25, -0.2) is 0 Å². The predicted molar refractivity (Wildman–Crippen MR) is 83.6 cm³/mol. The molecular weight excluding hydrogens is 276 g/mol. The van der Waals surface area contributed by atoms with Crippen molar-refractivity contribution in [2.45, 2.75) is 25.4 Å². The summed E-state index contributed by atoms with van der Waals surface area (Å²) in [5.41, 5.74) is 4.02. The number of hydrogen-bond donors (Lipinski definition) is 0. The van der Waals surface area contributed by atoms with Crippen molar-refractivity contribution in [3.63, 3.8) is 0 Å². The van der Waals surface area contributed by atoms with Crippen LogP contribution in [-0.2, 0) is 9.53 Å². The molecule has 4 nitrogen and oxygen atoms in total. The molecule has 2 saturated heterocycles. The zero-order valence-corrected chi connectivity index (χ0v) is 13.0. The van der Waals surface area contributed by atoms with Crippen molar-refractivity contribution in [2.24, 2.45) is 11.8 Å². The van der Waals surface area contributed by atoms with Crippen molar-refractivity contribution in [1.29, 1.82) is 0 Å². The van der Waals surface area contributed by atoms with Crippen molar-refractivity contribution in [3.8, 4) is 0 Å². The van der Waals surface area contributed by atoms with E-state index in [0.717, 1.165) is 13.0 Å². The van der Waals surface area contributed by atoms with Gasteiger partial charge >= 0.3 is 5.97 Å². The first-order valence-corrected chi connectivity index (χ1v) is 8.15. The van der Waals surface area contributed by atoms with Crippen molar-refractivity contribution in [2.75, 3.05) is 20.2 Å².